The van der Waals surface area contributed by atoms with Crippen LogP contribution < -0.4 is 26.6 Å². The van der Waals surface area contributed by atoms with E-state index in [2.05, 4.69) is 39.0 Å². The van der Waals surface area contributed by atoms with Gasteiger partial charge in [0.15, 0.2) is 0 Å². The third-order valence-electron chi connectivity index (χ3n) is 7.54. The second-order valence-corrected chi connectivity index (χ2v) is 9.76. The van der Waals surface area contributed by atoms with Gasteiger partial charge in [0.25, 0.3) is 0 Å². The number of halogens is 3. The van der Waals surface area contributed by atoms with Gasteiger partial charge in [0.05, 0.1) is 16.9 Å². The van der Waals surface area contributed by atoms with Crippen molar-refractivity contribution in [2.75, 3.05) is 48.3 Å². The molecule has 0 bridgehead atoms. The van der Waals surface area contributed by atoms with Crippen LogP contribution in [0.3, 0.4) is 0 Å². The Labute approximate surface area is 199 Å². The molecule has 2 aromatic rings. The highest BCUT2D eigenvalue weighted by atomic mass is 19.4. The van der Waals surface area contributed by atoms with Gasteiger partial charge < -0.3 is 26.6 Å². The zero-order valence-electron chi connectivity index (χ0n) is 19.5. The molecule has 5 rings (SSSR count). The Morgan fingerprint density at radius 2 is 1.91 bits per heavy atom. The van der Waals surface area contributed by atoms with Crippen molar-refractivity contribution in [1.82, 2.24) is 5.32 Å². The topological polar surface area (TPSA) is 65.3 Å². The van der Waals surface area contributed by atoms with Crippen molar-refractivity contribution < 1.29 is 13.2 Å². The molecular formula is C26H34F3N5. The number of rotatable bonds is 8. The largest absolute Gasteiger partial charge is 0.416 e. The summed E-state index contributed by atoms with van der Waals surface area (Å²) in [5.74, 6) is 0.795. The lowest BCUT2D eigenvalue weighted by Crippen LogP contribution is -2.29. The molecule has 2 heterocycles. The van der Waals surface area contributed by atoms with E-state index in [1.165, 1.54) is 43.5 Å². The minimum absolute atomic E-state index is 0.490. The standard InChI is InChI=1S/C26H34F3N5/c27-26(28,29)20-14-19-13-18-15-21(34-12-7-17-3-1-4-24(17)34)5-6-22(18)33-25(19)23(16-20)32-10-2-9-31-11-8-30/h5-6,14-17,24,31-33H,1-4,7-13,30H2. The summed E-state index contributed by atoms with van der Waals surface area (Å²) in [6.45, 7) is 3.72. The highest BCUT2D eigenvalue weighted by Gasteiger charge is 2.38. The van der Waals surface area contributed by atoms with Gasteiger partial charge in [-0.1, -0.05) is 6.42 Å². The van der Waals surface area contributed by atoms with Crippen molar-refractivity contribution in [2.45, 2.75) is 50.7 Å². The molecule has 0 spiro atoms. The highest BCUT2D eigenvalue weighted by Crippen LogP contribution is 2.45. The molecule has 0 radical (unpaired) electrons. The monoisotopic (exact) mass is 473 g/mol. The van der Waals surface area contributed by atoms with Crippen LogP contribution in [-0.4, -0.2) is 38.8 Å². The first-order chi connectivity index (χ1) is 16.4. The van der Waals surface area contributed by atoms with Crippen molar-refractivity contribution in [3.05, 3.63) is 47.0 Å². The number of anilines is 4. The number of nitrogens with two attached hydrogens (primary N) is 1. The van der Waals surface area contributed by atoms with Crippen LogP contribution in [0.15, 0.2) is 30.3 Å². The predicted octanol–water partition coefficient (Wildman–Crippen LogP) is 5.08. The fraction of sp³-hybridized carbons (Fsp3) is 0.538. The molecule has 2 unspecified atom stereocenters. The lowest BCUT2D eigenvalue weighted by Gasteiger charge is -2.30. The maximum atomic E-state index is 13.7. The lowest BCUT2D eigenvalue weighted by molar-refractivity contribution is -0.137. The fourth-order valence-corrected chi connectivity index (χ4v) is 5.88. The van der Waals surface area contributed by atoms with Crippen LogP contribution in [-0.2, 0) is 12.6 Å². The number of alkyl halides is 3. The van der Waals surface area contributed by atoms with Crippen molar-refractivity contribution in [3.8, 4) is 0 Å². The average Bonchev–Trinajstić information content (AvgIpc) is 3.43. The molecule has 1 saturated heterocycles. The molecule has 184 valence electrons. The summed E-state index contributed by atoms with van der Waals surface area (Å²) in [7, 11) is 0. The summed E-state index contributed by atoms with van der Waals surface area (Å²) in [5.41, 5.74) is 10.1. The molecule has 0 aromatic heterocycles. The molecule has 2 aromatic carbocycles. The van der Waals surface area contributed by atoms with E-state index < -0.39 is 11.7 Å². The van der Waals surface area contributed by atoms with Crippen molar-refractivity contribution in [3.63, 3.8) is 0 Å². The minimum atomic E-state index is -4.39. The Balaban J connectivity index is 1.37. The third-order valence-corrected chi connectivity index (χ3v) is 7.54. The van der Waals surface area contributed by atoms with Crippen LogP contribution >= 0.6 is 0 Å². The molecule has 0 amide bonds. The number of hydrogen-bond donors (Lipinski definition) is 4. The van der Waals surface area contributed by atoms with Gasteiger partial charge in [-0.25, -0.2) is 0 Å². The molecule has 5 nitrogen and oxygen atoms in total. The Morgan fingerprint density at radius 1 is 1.03 bits per heavy atom. The van der Waals surface area contributed by atoms with Crippen LogP contribution in [0, 0.1) is 5.92 Å². The lowest BCUT2D eigenvalue weighted by atomic mass is 9.93. The summed E-state index contributed by atoms with van der Waals surface area (Å²) < 4.78 is 41.0. The SMILES string of the molecule is NCCNCCCNc1cc(C(F)(F)F)cc2c1Nc1ccc(N3CCC4CCCC43)cc1C2. The van der Waals surface area contributed by atoms with E-state index in [0.717, 1.165) is 48.9 Å². The molecule has 2 aliphatic heterocycles. The van der Waals surface area contributed by atoms with E-state index in [0.29, 0.717) is 36.8 Å². The molecule has 3 aliphatic rings. The van der Waals surface area contributed by atoms with Crippen molar-refractivity contribution >= 4 is 22.7 Å². The van der Waals surface area contributed by atoms with Gasteiger partial charge in [-0.2, -0.15) is 13.2 Å². The number of benzene rings is 2. The smallest absolute Gasteiger partial charge is 0.383 e. The number of nitrogens with one attached hydrogen (secondary N) is 3. The van der Waals surface area contributed by atoms with Crippen LogP contribution in [0.25, 0.3) is 0 Å². The molecule has 2 atom stereocenters. The first kappa shape index (κ1) is 23.3. The van der Waals surface area contributed by atoms with E-state index in [1.807, 2.05) is 0 Å². The molecule has 2 fully saturated rings. The first-order valence-corrected chi connectivity index (χ1v) is 12.5. The third kappa shape index (κ3) is 4.70. The maximum Gasteiger partial charge on any atom is 0.416 e. The van der Waals surface area contributed by atoms with Crippen LogP contribution in [0.5, 0.6) is 0 Å². The van der Waals surface area contributed by atoms with E-state index in [-0.39, 0.29) is 0 Å². The summed E-state index contributed by atoms with van der Waals surface area (Å²) in [6, 6.07) is 9.58. The number of nitrogens with zero attached hydrogens (tertiary/aromatic N) is 1. The molecule has 1 saturated carbocycles. The van der Waals surface area contributed by atoms with E-state index >= 15 is 0 Å². The van der Waals surface area contributed by atoms with Crippen LogP contribution in [0.1, 0.15) is 48.8 Å². The van der Waals surface area contributed by atoms with E-state index in [9.17, 15) is 13.2 Å². The zero-order chi connectivity index (χ0) is 23.7. The summed E-state index contributed by atoms with van der Waals surface area (Å²) >= 11 is 0. The Morgan fingerprint density at radius 3 is 2.74 bits per heavy atom. The predicted molar refractivity (Wildman–Crippen MR) is 132 cm³/mol. The van der Waals surface area contributed by atoms with Crippen molar-refractivity contribution in [2.24, 2.45) is 11.7 Å². The maximum absolute atomic E-state index is 13.7. The Bertz CT molecular complexity index is 1020. The fourth-order valence-electron chi connectivity index (χ4n) is 5.88. The first-order valence-electron chi connectivity index (χ1n) is 12.5. The molecule has 1 aliphatic carbocycles. The quantitative estimate of drug-likeness (QED) is 0.344. The summed E-state index contributed by atoms with van der Waals surface area (Å²) in [4.78, 5) is 2.52. The second kappa shape index (κ2) is 9.66. The van der Waals surface area contributed by atoms with Crippen LogP contribution in [0.4, 0.5) is 35.9 Å². The highest BCUT2D eigenvalue weighted by molar-refractivity contribution is 5.83. The van der Waals surface area contributed by atoms with Gasteiger partial charge in [-0.15, -0.1) is 0 Å². The van der Waals surface area contributed by atoms with Gasteiger partial charge in [-0.3, -0.25) is 0 Å². The van der Waals surface area contributed by atoms with E-state index in [4.69, 9.17) is 5.73 Å². The van der Waals surface area contributed by atoms with Gasteiger partial charge in [-0.05, 0) is 79.6 Å². The molecule has 5 N–H and O–H groups in total. The van der Waals surface area contributed by atoms with Gasteiger partial charge in [0.2, 0.25) is 0 Å². The number of fused-ring (bicyclic) bond motifs is 3. The Hall–Kier alpha value is -2.45. The van der Waals surface area contributed by atoms with Crippen molar-refractivity contribution in [1.29, 1.82) is 0 Å². The van der Waals surface area contributed by atoms with Gasteiger partial charge in [0.1, 0.15) is 0 Å². The molecule has 8 heteroatoms. The minimum Gasteiger partial charge on any atom is -0.383 e. The normalized spacial score (nSPS) is 21.1. The van der Waals surface area contributed by atoms with Crippen LogP contribution in [0.2, 0.25) is 0 Å². The number of hydrogen-bond acceptors (Lipinski definition) is 5. The van der Waals surface area contributed by atoms with E-state index in [1.54, 1.807) is 0 Å². The average molecular weight is 474 g/mol. The van der Waals surface area contributed by atoms with Gasteiger partial charge >= 0.3 is 6.18 Å². The summed E-state index contributed by atoms with van der Waals surface area (Å²) in [6.07, 6.45) is 2.00. The second-order valence-electron chi connectivity index (χ2n) is 9.76. The zero-order valence-corrected chi connectivity index (χ0v) is 19.5. The molecule has 34 heavy (non-hydrogen) atoms. The van der Waals surface area contributed by atoms with Gasteiger partial charge in [0, 0.05) is 50.0 Å². The Kier molecular flexibility index (Phi) is 6.62. The molecular weight excluding hydrogens is 439 g/mol. The summed E-state index contributed by atoms with van der Waals surface area (Å²) in [5, 5.41) is 9.87.